The van der Waals surface area contributed by atoms with Crippen molar-refractivity contribution in [1.29, 1.82) is 0 Å². The third-order valence-electron chi connectivity index (χ3n) is 4.13. The molecule has 0 aromatic heterocycles. The Morgan fingerprint density at radius 1 is 1.24 bits per heavy atom. The van der Waals surface area contributed by atoms with Crippen LogP contribution in [0, 0.1) is 11.3 Å². The summed E-state index contributed by atoms with van der Waals surface area (Å²) in [6, 6.07) is 0. The Balaban J connectivity index is 2.39. The lowest BCUT2D eigenvalue weighted by molar-refractivity contribution is -0.0835. The van der Waals surface area contributed by atoms with Crippen LogP contribution >= 0.6 is 0 Å². The molecule has 4 nitrogen and oxygen atoms in total. The maximum absolute atomic E-state index is 6.03. The standard InChI is InChI=1S/C17H35N3O/c1-6-7-8-11-19-16(18-5)20-13-14-10-9-12-21-15(14)17(2,3)4/h14-15H,6-13H2,1-5H3,(H2,18,19,20). The fourth-order valence-electron chi connectivity index (χ4n) is 3.04. The molecule has 124 valence electrons. The van der Waals surface area contributed by atoms with Crippen molar-refractivity contribution in [3.8, 4) is 0 Å². The van der Waals surface area contributed by atoms with Crippen molar-refractivity contribution in [3.05, 3.63) is 0 Å². The zero-order valence-electron chi connectivity index (χ0n) is 14.7. The fourth-order valence-corrected chi connectivity index (χ4v) is 3.04. The van der Waals surface area contributed by atoms with Gasteiger partial charge in [0, 0.05) is 32.7 Å². The second kappa shape index (κ2) is 9.29. The Morgan fingerprint density at radius 3 is 2.62 bits per heavy atom. The number of guanidine groups is 1. The third-order valence-corrected chi connectivity index (χ3v) is 4.13. The molecule has 0 aromatic carbocycles. The van der Waals surface area contributed by atoms with E-state index in [-0.39, 0.29) is 5.41 Å². The quantitative estimate of drug-likeness (QED) is 0.450. The maximum atomic E-state index is 6.03. The van der Waals surface area contributed by atoms with Crippen LogP contribution < -0.4 is 10.6 Å². The van der Waals surface area contributed by atoms with Crippen LogP contribution in [0.2, 0.25) is 0 Å². The summed E-state index contributed by atoms with van der Waals surface area (Å²) in [5, 5.41) is 6.87. The largest absolute Gasteiger partial charge is 0.377 e. The van der Waals surface area contributed by atoms with Crippen molar-refractivity contribution in [3.63, 3.8) is 0 Å². The van der Waals surface area contributed by atoms with Crippen LogP contribution in [0.5, 0.6) is 0 Å². The summed E-state index contributed by atoms with van der Waals surface area (Å²) in [4.78, 5) is 4.31. The minimum absolute atomic E-state index is 0.199. The van der Waals surface area contributed by atoms with Crippen LogP contribution in [-0.2, 0) is 4.74 Å². The highest BCUT2D eigenvalue weighted by atomic mass is 16.5. The molecule has 1 aliphatic heterocycles. The van der Waals surface area contributed by atoms with Crippen LogP contribution in [0.3, 0.4) is 0 Å². The molecule has 0 aromatic rings. The monoisotopic (exact) mass is 297 g/mol. The highest BCUT2D eigenvalue weighted by Gasteiger charge is 2.35. The van der Waals surface area contributed by atoms with Crippen molar-refractivity contribution >= 4 is 5.96 Å². The molecule has 0 bridgehead atoms. The Bertz CT molecular complexity index is 310. The van der Waals surface area contributed by atoms with Gasteiger partial charge in [0.25, 0.3) is 0 Å². The molecule has 0 aliphatic carbocycles. The first-order valence-corrected chi connectivity index (χ1v) is 8.55. The van der Waals surface area contributed by atoms with Crippen molar-refractivity contribution in [2.45, 2.75) is 65.9 Å². The highest BCUT2D eigenvalue weighted by molar-refractivity contribution is 5.79. The fraction of sp³-hybridized carbons (Fsp3) is 0.941. The first kappa shape index (κ1) is 18.3. The molecule has 1 saturated heterocycles. The number of hydrogen-bond donors (Lipinski definition) is 2. The molecule has 4 heteroatoms. The van der Waals surface area contributed by atoms with E-state index in [4.69, 9.17) is 4.74 Å². The summed E-state index contributed by atoms with van der Waals surface area (Å²) in [6.45, 7) is 11.9. The molecule has 0 spiro atoms. The number of aliphatic imine (C=N–C) groups is 1. The first-order chi connectivity index (χ1) is 9.99. The number of nitrogens with one attached hydrogen (secondary N) is 2. The smallest absolute Gasteiger partial charge is 0.190 e. The lowest BCUT2D eigenvalue weighted by atomic mass is 9.78. The van der Waals surface area contributed by atoms with Crippen molar-refractivity contribution in [2.75, 3.05) is 26.7 Å². The van der Waals surface area contributed by atoms with Gasteiger partial charge < -0.3 is 15.4 Å². The molecule has 0 radical (unpaired) electrons. The van der Waals surface area contributed by atoms with Crippen LogP contribution in [-0.4, -0.2) is 38.8 Å². The summed E-state index contributed by atoms with van der Waals surface area (Å²) in [7, 11) is 1.84. The lowest BCUT2D eigenvalue weighted by Gasteiger charge is -2.40. The molecular weight excluding hydrogens is 262 g/mol. The maximum Gasteiger partial charge on any atom is 0.190 e. The van der Waals surface area contributed by atoms with Gasteiger partial charge in [-0.2, -0.15) is 0 Å². The minimum Gasteiger partial charge on any atom is -0.377 e. The molecule has 2 atom stereocenters. The SMILES string of the molecule is CCCCCNC(=NC)NCC1CCCOC1C(C)(C)C. The summed E-state index contributed by atoms with van der Waals surface area (Å²) < 4.78 is 6.03. The average molecular weight is 297 g/mol. The van der Waals surface area contributed by atoms with Gasteiger partial charge in [0.2, 0.25) is 0 Å². The number of rotatable bonds is 6. The van der Waals surface area contributed by atoms with Crippen molar-refractivity contribution in [2.24, 2.45) is 16.3 Å². The Kier molecular flexibility index (Phi) is 8.09. The van der Waals surface area contributed by atoms with Crippen LogP contribution in [0.1, 0.15) is 59.8 Å². The molecule has 0 saturated carbocycles. The van der Waals surface area contributed by atoms with Crippen LogP contribution in [0.4, 0.5) is 0 Å². The van der Waals surface area contributed by atoms with Gasteiger partial charge in [-0.05, 0) is 24.7 Å². The van der Waals surface area contributed by atoms with E-state index in [1.165, 1.54) is 32.1 Å². The summed E-state index contributed by atoms with van der Waals surface area (Å²) >= 11 is 0. The lowest BCUT2D eigenvalue weighted by Crippen LogP contribution is -2.47. The van der Waals surface area contributed by atoms with Gasteiger partial charge in [-0.3, -0.25) is 4.99 Å². The molecule has 1 rings (SSSR count). The summed E-state index contributed by atoms with van der Waals surface area (Å²) in [6.07, 6.45) is 6.46. The molecule has 1 heterocycles. The number of ether oxygens (including phenoxy) is 1. The van der Waals surface area contributed by atoms with E-state index in [0.29, 0.717) is 12.0 Å². The van der Waals surface area contributed by atoms with Gasteiger partial charge >= 0.3 is 0 Å². The van der Waals surface area contributed by atoms with E-state index in [1.807, 2.05) is 7.05 Å². The van der Waals surface area contributed by atoms with Gasteiger partial charge in [0.05, 0.1) is 6.10 Å². The van der Waals surface area contributed by atoms with E-state index in [2.05, 4.69) is 43.3 Å². The molecule has 1 fully saturated rings. The number of hydrogen-bond acceptors (Lipinski definition) is 2. The van der Waals surface area contributed by atoms with E-state index in [0.717, 1.165) is 25.7 Å². The van der Waals surface area contributed by atoms with E-state index < -0.39 is 0 Å². The Labute approximate surface area is 131 Å². The van der Waals surface area contributed by atoms with Crippen LogP contribution in [0.25, 0.3) is 0 Å². The van der Waals surface area contributed by atoms with Crippen LogP contribution in [0.15, 0.2) is 4.99 Å². The highest BCUT2D eigenvalue weighted by Crippen LogP contribution is 2.33. The van der Waals surface area contributed by atoms with E-state index in [1.54, 1.807) is 0 Å². The second-order valence-electron chi connectivity index (χ2n) is 7.15. The second-order valence-corrected chi connectivity index (χ2v) is 7.15. The predicted octanol–water partition coefficient (Wildman–Crippen LogP) is 3.18. The number of unbranched alkanes of at least 4 members (excludes halogenated alkanes) is 2. The molecule has 21 heavy (non-hydrogen) atoms. The zero-order valence-corrected chi connectivity index (χ0v) is 14.7. The van der Waals surface area contributed by atoms with Gasteiger partial charge in [0.15, 0.2) is 5.96 Å². The predicted molar refractivity (Wildman–Crippen MR) is 90.8 cm³/mol. The molecule has 0 amide bonds. The van der Waals surface area contributed by atoms with Gasteiger partial charge in [-0.15, -0.1) is 0 Å². The van der Waals surface area contributed by atoms with Gasteiger partial charge in [-0.25, -0.2) is 0 Å². The Hall–Kier alpha value is -0.770. The van der Waals surface area contributed by atoms with E-state index in [9.17, 15) is 0 Å². The molecule has 2 N–H and O–H groups in total. The minimum atomic E-state index is 0.199. The first-order valence-electron chi connectivity index (χ1n) is 8.55. The summed E-state index contributed by atoms with van der Waals surface area (Å²) in [5.74, 6) is 1.48. The van der Waals surface area contributed by atoms with Crippen molar-refractivity contribution in [1.82, 2.24) is 10.6 Å². The molecular formula is C17H35N3O. The topological polar surface area (TPSA) is 45.7 Å². The molecule has 2 unspecified atom stereocenters. The van der Waals surface area contributed by atoms with E-state index >= 15 is 0 Å². The average Bonchev–Trinajstić information content (AvgIpc) is 2.46. The molecule has 1 aliphatic rings. The van der Waals surface area contributed by atoms with Gasteiger partial charge in [0.1, 0.15) is 0 Å². The Morgan fingerprint density at radius 2 is 2.00 bits per heavy atom. The summed E-state index contributed by atoms with van der Waals surface area (Å²) in [5.41, 5.74) is 0.199. The van der Waals surface area contributed by atoms with Gasteiger partial charge in [-0.1, -0.05) is 40.5 Å². The third kappa shape index (κ3) is 6.68. The zero-order chi connectivity index (χ0) is 15.7. The van der Waals surface area contributed by atoms with Crippen molar-refractivity contribution < 1.29 is 4.74 Å². The normalized spacial score (nSPS) is 24.0. The number of nitrogens with zero attached hydrogens (tertiary/aromatic N) is 1.